The highest BCUT2D eigenvalue weighted by Crippen LogP contribution is 2.30. The van der Waals surface area contributed by atoms with E-state index in [4.69, 9.17) is 24.9 Å². The summed E-state index contributed by atoms with van der Waals surface area (Å²) in [7, 11) is 5.50. The number of aliphatic imine (C=N–C) groups is 1. The summed E-state index contributed by atoms with van der Waals surface area (Å²) in [6.07, 6.45) is 4.94. The van der Waals surface area contributed by atoms with Gasteiger partial charge in [0.1, 0.15) is 11.6 Å². The standard InChI is InChI=1S/C27H35N9O3/c1-29-17-18(16-28)21-5-4-6-23(30-21)31-26(37)20-15-22-24(32-25(20)35-9-7-19(38-3)8-10-35)33-27(39-22)36-13-11-34(2)12-14-36/h4-6,15-17,19H,7-14,28H2,1-3H3,(H,30,31,37)/b18-16+,29-17?. The number of nitrogens with two attached hydrogens (primary N) is 1. The van der Waals surface area contributed by atoms with Gasteiger partial charge in [0.25, 0.3) is 11.9 Å². The minimum absolute atomic E-state index is 0.196. The normalized spacial score (nSPS) is 17.9. The predicted molar refractivity (Wildman–Crippen MR) is 153 cm³/mol. The zero-order chi connectivity index (χ0) is 27.4. The largest absolute Gasteiger partial charge is 0.422 e. The van der Waals surface area contributed by atoms with Crippen molar-refractivity contribution in [3.63, 3.8) is 0 Å². The predicted octanol–water partition coefficient (Wildman–Crippen LogP) is 2.24. The number of pyridine rings is 2. The molecule has 3 aromatic rings. The Kier molecular flexibility index (Phi) is 8.03. The Morgan fingerprint density at radius 1 is 1.13 bits per heavy atom. The van der Waals surface area contributed by atoms with Gasteiger partial charge in [-0.1, -0.05) is 6.07 Å². The Labute approximate surface area is 227 Å². The smallest absolute Gasteiger partial charge is 0.300 e. The van der Waals surface area contributed by atoms with Gasteiger partial charge in [0.2, 0.25) is 5.65 Å². The van der Waals surface area contributed by atoms with Gasteiger partial charge in [-0.05, 0) is 32.0 Å². The summed E-state index contributed by atoms with van der Waals surface area (Å²) in [5.41, 5.74) is 8.35. The van der Waals surface area contributed by atoms with Crippen molar-refractivity contribution in [2.45, 2.75) is 18.9 Å². The first-order chi connectivity index (χ1) is 19.0. The number of anilines is 3. The van der Waals surface area contributed by atoms with Gasteiger partial charge < -0.3 is 34.9 Å². The van der Waals surface area contributed by atoms with E-state index in [0.29, 0.717) is 45.7 Å². The average Bonchev–Trinajstić information content (AvgIpc) is 3.39. The van der Waals surface area contributed by atoms with Gasteiger partial charge in [-0.15, -0.1) is 0 Å². The molecule has 1 amide bonds. The number of carbonyl (C=O) groups is 1. The highest BCUT2D eigenvalue weighted by Gasteiger charge is 2.27. The van der Waals surface area contributed by atoms with Gasteiger partial charge in [-0.2, -0.15) is 4.98 Å². The average molecular weight is 534 g/mol. The number of hydrogen-bond donors (Lipinski definition) is 2. The number of fused-ring (bicyclic) bond motifs is 1. The molecule has 2 fully saturated rings. The van der Waals surface area contributed by atoms with Crippen LogP contribution < -0.4 is 20.9 Å². The number of hydrogen-bond acceptors (Lipinski definition) is 11. The number of nitrogens with one attached hydrogen (secondary N) is 1. The van der Waals surface area contributed by atoms with Crippen LogP contribution in [0.4, 0.5) is 17.7 Å². The van der Waals surface area contributed by atoms with E-state index in [1.807, 2.05) is 12.1 Å². The van der Waals surface area contributed by atoms with Crippen molar-refractivity contribution in [1.29, 1.82) is 0 Å². The van der Waals surface area contributed by atoms with Crippen molar-refractivity contribution in [3.05, 3.63) is 41.7 Å². The molecule has 0 unspecified atom stereocenters. The molecule has 39 heavy (non-hydrogen) atoms. The van der Waals surface area contributed by atoms with E-state index in [1.54, 1.807) is 32.5 Å². The van der Waals surface area contributed by atoms with Crippen LogP contribution in [0.15, 0.2) is 39.9 Å². The summed E-state index contributed by atoms with van der Waals surface area (Å²) in [6, 6.07) is 7.61. The maximum Gasteiger partial charge on any atom is 0.300 e. The minimum atomic E-state index is -0.335. The number of methoxy groups -OCH3 is 1. The topological polar surface area (TPSA) is 138 Å². The highest BCUT2D eigenvalue weighted by atomic mass is 16.5. The molecule has 2 saturated heterocycles. The number of rotatable bonds is 7. The molecule has 5 rings (SSSR count). The zero-order valence-corrected chi connectivity index (χ0v) is 22.6. The first-order valence-corrected chi connectivity index (χ1v) is 13.1. The maximum absolute atomic E-state index is 13.7. The Morgan fingerprint density at radius 3 is 2.59 bits per heavy atom. The molecule has 0 spiro atoms. The first-order valence-electron chi connectivity index (χ1n) is 13.1. The second-order valence-electron chi connectivity index (χ2n) is 9.76. The summed E-state index contributed by atoms with van der Waals surface area (Å²) in [5.74, 6) is 0.628. The number of allylic oxidation sites excluding steroid dienone is 1. The fourth-order valence-corrected chi connectivity index (χ4v) is 4.87. The number of oxazole rings is 1. The second-order valence-corrected chi connectivity index (χ2v) is 9.76. The van der Waals surface area contributed by atoms with Gasteiger partial charge in [-0.25, -0.2) is 9.97 Å². The molecule has 206 valence electrons. The molecular formula is C27H35N9O3. The van der Waals surface area contributed by atoms with Gasteiger partial charge >= 0.3 is 0 Å². The number of amides is 1. The van der Waals surface area contributed by atoms with Crippen LogP contribution in [0.1, 0.15) is 28.9 Å². The molecular weight excluding hydrogens is 498 g/mol. The second kappa shape index (κ2) is 11.8. The van der Waals surface area contributed by atoms with Crippen LogP contribution in [0.25, 0.3) is 16.8 Å². The third-order valence-corrected chi connectivity index (χ3v) is 7.18. The Morgan fingerprint density at radius 2 is 1.90 bits per heavy atom. The molecule has 0 atom stereocenters. The highest BCUT2D eigenvalue weighted by molar-refractivity contribution is 6.10. The number of aromatic nitrogens is 3. The lowest BCUT2D eigenvalue weighted by Gasteiger charge is -2.32. The van der Waals surface area contributed by atoms with E-state index < -0.39 is 0 Å². The Bertz CT molecular complexity index is 1370. The third kappa shape index (κ3) is 5.86. The lowest BCUT2D eigenvalue weighted by atomic mass is 10.1. The molecule has 12 heteroatoms. The molecule has 0 bridgehead atoms. The number of ether oxygens (including phenoxy) is 1. The maximum atomic E-state index is 13.7. The van der Waals surface area contributed by atoms with Gasteiger partial charge in [0.15, 0.2) is 5.58 Å². The molecule has 5 heterocycles. The van der Waals surface area contributed by atoms with Crippen LogP contribution in [0.5, 0.6) is 0 Å². The molecule has 2 aliphatic heterocycles. The number of carbonyl (C=O) groups excluding carboxylic acids is 1. The lowest BCUT2D eigenvalue weighted by Crippen LogP contribution is -2.44. The van der Waals surface area contributed by atoms with Crippen LogP contribution >= 0.6 is 0 Å². The van der Waals surface area contributed by atoms with Crippen molar-refractivity contribution in [2.24, 2.45) is 10.7 Å². The zero-order valence-electron chi connectivity index (χ0n) is 22.6. The number of piperidine rings is 1. The van der Waals surface area contributed by atoms with Crippen LogP contribution in [0.3, 0.4) is 0 Å². The van der Waals surface area contributed by atoms with Crippen LogP contribution in [-0.2, 0) is 4.74 Å². The van der Waals surface area contributed by atoms with Gasteiger partial charge in [-0.3, -0.25) is 9.79 Å². The van der Waals surface area contributed by atoms with Crippen molar-refractivity contribution in [3.8, 4) is 0 Å². The third-order valence-electron chi connectivity index (χ3n) is 7.18. The SMILES string of the molecule is CN=C/C(=C\N)c1cccc(NC(=O)c2cc3oc(N4CCN(C)CC4)nc3nc2N2CCC(OC)CC2)n1. The molecule has 3 N–H and O–H groups in total. The van der Waals surface area contributed by atoms with E-state index in [0.717, 1.165) is 52.1 Å². The van der Waals surface area contributed by atoms with Crippen molar-refractivity contribution in [1.82, 2.24) is 19.9 Å². The quantitative estimate of drug-likeness (QED) is 0.435. The molecule has 2 aliphatic rings. The molecule has 0 aromatic carbocycles. The van der Waals surface area contributed by atoms with Crippen molar-refractivity contribution >= 4 is 46.6 Å². The molecule has 12 nitrogen and oxygen atoms in total. The Hall–Kier alpha value is -4.03. The van der Waals surface area contributed by atoms with Crippen LogP contribution in [0, 0.1) is 0 Å². The van der Waals surface area contributed by atoms with Gasteiger partial charge in [0.05, 0.1) is 17.4 Å². The number of likely N-dealkylation sites (N-methyl/N-ethyl adjacent to an activating group) is 1. The summed E-state index contributed by atoms with van der Waals surface area (Å²) >= 11 is 0. The van der Waals surface area contributed by atoms with Gasteiger partial charge in [0, 0.05) is 77.5 Å². The molecule has 3 aromatic heterocycles. The van der Waals surface area contributed by atoms with E-state index in [9.17, 15) is 4.79 Å². The van der Waals surface area contributed by atoms with E-state index in [-0.39, 0.29) is 12.0 Å². The summed E-state index contributed by atoms with van der Waals surface area (Å²) in [6.45, 7) is 4.92. The lowest BCUT2D eigenvalue weighted by molar-refractivity contribution is 0.0817. The van der Waals surface area contributed by atoms with E-state index in [2.05, 4.69) is 37.0 Å². The summed E-state index contributed by atoms with van der Waals surface area (Å²) in [5, 5.41) is 2.93. The molecule has 0 aliphatic carbocycles. The minimum Gasteiger partial charge on any atom is -0.422 e. The fourth-order valence-electron chi connectivity index (χ4n) is 4.87. The van der Waals surface area contributed by atoms with Crippen molar-refractivity contribution in [2.75, 3.05) is 75.6 Å². The van der Waals surface area contributed by atoms with E-state index >= 15 is 0 Å². The number of nitrogens with zero attached hydrogens (tertiary/aromatic N) is 7. The summed E-state index contributed by atoms with van der Waals surface area (Å²) in [4.78, 5) is 38.3. The van der Waals surface area contributed by atoms with Crippen molar-refractivity contribution < 1.29 is 13.9 Å². The molecule has 0 saturated carbocycles. The first kappa shape index (κ1) is 26.6. The molecule has 0 radical (unpaired) electrons. The number of piperazine rings is 1. The fraction of sp³-hybridized carbons (Fsp3) is 0.444. The van der Waals surface area contributed by atoms with Crippen LogP contribution in [0.2, 0.25) is 0 Å². The Balaban J connectivity index is 1.47. The van der Waals surface area contributed by atoms with Crippen LogP contribution in [-0.4, -0.2) is 98.6 Å². The summed E-state index contributed by atoms with van der Waals surface area (Å²) < 4.78 is 11.7. The monoisotopic (exact) mass is 533 g/mol. The van der Waals surface area contributed by atoms with E-state index in [1.165, 1.54) is 6.20 Å².